The fraction of sp³-hybridized carbons (Fsp3) is 0.771. The molecule has 0 aliphatic carbocycles. The van der Waals surface area contributed by atoms with Gasteiger partial charge in [0.25, 0.3) is 0 Å². The summed E-state index contributed by atoms with van der Waals surface area (Å²) >= 11 is 0. The van der Waals surface area contributed by atoms with Gasteiger partial charge in [0.2, 0.25) is 0 Å². The van der Waals surface area contributed by atoms with Gasteiger partial charge in [0, 0.05) is 19.3 Å². The van der Waals surface area contributed by atoms with Gasteiger partial charge >= 0.3 is 17.9 Å². The summed E-state index contributed by atoms with van der Waals surface area (Å²) in [5, 5.41) is 0. The molecule has 1 unspecified atom stereocenters. The van der Waals surface area contributed by atoms with Gasteiger partial charge in [0.05, 0.1) is 0 Å². The van der Waals surface area contributed by atoms with Gasteiger partial charge in [-0.1, -0.05) is 172 Å². The average molecular weight is 757 g/mol. The van der Waals surface area contributed by atoms with Gasteiger partial charge in [-0.2, -0.15) is 0 Å². The molecule has 0 aromatic carbocycles. The van der Waals surface area contributed by atoms with Crippen molar-refractivity contribution in [1.29, 1.82) is 0 Å². The highest BCUT2D eigenvalue weighted by Gasteiger charge is 2.19. The van der Waals surface area contributed by atoms with Gasteiger partial charge in [-0.3, -0.25) is 14.4 Å². The van der Waals surface area contributed by atoms with Crippen LogP contribution < -0.4 is 0 Å². The van der Waals surface area contributed by atoms with Crippen molar-refractivity contribution >= 4 is 17.9 Å². The van der Waals surface area contributed by atoms with E-state index in [4.69, 9.17) is 14.2 Å². The molecule has 0 heterocycles. The lowest BCUT2D eigenvalue weighted by atomic mass is 10.1. The van der Waals surface area contributed by atoms with Crippen LogP contribution in [0.4, 0.5) is 0 Å². The summed E-state index contributed by atoms with van der Waals surface area (Å²) < 4.78 is 16.6. The third kappa shape index (κ3) is 40.6. The number of hydrogen-bond acceptors (Lipinski definition) is 6. The van der Waals surface area contributed by atoms with Crippen LogP contribution in [0.15, 0.2) is 48.6 Å². The quantitative estimate of drug-likeness (QED) is 0.0268. The maximum atomic E-state index is 12.7. The highest BCUT2D eigenvalue weighted by atomic mass is 16.6. The Bertz CT molecular complexity index is 964. The Labute approximate surface area is 333 Å². The Morgan fingerprint density at radius 2 is 0.704 bits per heavy atom. The molecule has 54 heavy (non-hydrogen) atoms. The van der Waals surface area contributed by atoms with Crippen LogP contribution in [0.25, 0.3) is 0 Å². The molecule has 0 rings (SSSR count). The Kier molecular flexibility index (Phi) is 41.0. The van der Waals surface area contributed by atoms with Crippen LogP contribution in [0.5, 0.6) is 0 Å². The van der Waals surface area contributed by atoms with Gasteiger partial charge in [-0.25, -0.2) is 0 Å². The predicted molar refractivity (Wildman–Crippen MR) is 229 cm³/mol. The van der Waals surface area contributed by atoms with Gasteiger partial charge < -0.3 is 14.2 Å². The third-order valence-electron chi connectivity index (χ3n) is 9.54. The summed E-state index contributed by atoms with van der Waals surface area (Å²) in [6.07, 6.45) is 49.5. The topological polar surface area (TPSA) is 78.9 Å². The zero-order chi connectivity index (χ0) is 39.4. The van der Waals surface area contributed by atoms with Crippen molar-refractivity contribution in [3.05, 3.63) is 48.6 Å². The van der Waals surface area contributed by atoms with Crippen LogP contribution in [-0.4, -0.2) is 37.2 Å². The molecule has 0 fully saturated rings. The molecular weight excluding hydrogens is 673 g/mol. The second-order valence-electron chi connectivity index (χ2n) is 15.0. The Hall–Kier alpha value is -2.63. The van der Waals surface area contributed by atoms with Gasteiger partial charge in [-0.05, 0) is 77.0 Å². The van der Waals surface area contributed by atoms with E-state index in [1.165, 1.54) is 70.6 Å². The molecule has 0 aromatic heterocycles. The standard InChI is InChI=1S/C48H84O6/c1-4-7-10-13-16-19-21-23-24-26-27-29-32-35-38-41-47(50)53-44-45(43-52-46(49)40-37-34-31-18-15-12-9-6-3)54-48(51)42-39-36-33-30-28-25-22-20-17-14-11-8-5-2/h11,14,16,19-20,22-24,45H,4-10,12-13,15,17-18,21,25-44H2,1-3H3/b14-11-,19-16-,22-20-,24-23-. The number of rotatable bonds is 40. The third-order valence-corrected chi connectivity index (χ3v) is 9.54. The highest BCUT2D eigenvalue weighted by molar-refractivity contribution is 5.71. The van der Waals surface area contributed by atoms with E-state index in [0.29, 0.717) is 19.3 Å². The predicted octanol–water partition coefficient (Wildman–Crippen LogP) is 14.4. The molecule has 0 saturated carbocycles. The zero-order valence-electron chi connectivity index (χ0n) is 35.5. The van der Waals surface area contributed by atoms with E-state index < -0.39 is 6.10 Å². The van der Waals surface area contributed by atoms with Crippen LogP contribution in [0, 0.1) is 0 Å². The van der Waals surface area contributed by atoms with E-state index in [-0.39, 0.29) is 31.1 Å². The molecule has 1 atom stereocenters. The van der Waals surface area contributed by atoms with Crippen molar-refractivity contribution in [3.63, 3.8) is 0 Å². The fourth-order valence-corrected chi connectivity index (χ4v) is 6.10. The molecule has 0 saturated heterocycles. The molecule has 0 N–H and O–H groups in total. The zero-order valence-corrected chi connectivity index (χ0v) is 35.5. The second-order valence-corrected chi connectivity index (χ2v) is 15.0. The van der Waals surface area contributed by atoms with Crippen LogP contribution in [0.1, 0.15) is 220 Å². The van der Waals surface area contributed by atoms with Crippen LogP contribution in [0.2, 0.25) is 0 Å². The molecule has 312 valence electrons. The molecular formula is C48H84O6. The van der Waals surface area contributed by atoms with E-state index in [9.17, 15) is 14.4 Å². The Morgan fingerprint density at radius 1 is 0.370 bits per heavy atom. The number of carbonyl (C=O) groups excluding carboxylic acids is 3. The fourth-order valence-electron chi connectivity index (χ4n) is 6.10. The molecule has 0 radical (unpaired) electrons. The number of allylic oxidation sites excluding steroid dienone is 8. The first kappa shape index (κ1) is 51.4. The molecule has 0 bridgehead atoms. The SMILES string of the molecule is CCC/C=C\C/C=C\CCCCCCCC(=O)OC(COC(=O)CCCCCCC/C=C\C/C=C\CCCCC)COC(=O)CCCCCCCCCC. The lowest BCUT2D eigenvalue weighted by Crippen LogP contribution is -2.30. The summed E-state index contributed by atoms with van der Waals surface area (Å²) in [6, 6.07) is 0. The average Bonchev–Trinajstić information content (AvgIpc) is 3.17. The van der Waals surface area contributed by atoms with Crippen molar-refractivity contribution in [2.24, 2.45) is 0 Å². The summed E-state index contributed by atoms with van der Waals surface area (Å²) in [6.45, 7) is 6.48. The van der Waals surface area contributed by atoms with E-state index in [1.807, 2.05) is 0 Å². The lowest BCUT2D eigenvalue weighted by molar-refractivity contribution is -0.167. The smallest absolute Gasteiger partial charge is 0.306 e. The van der Waals surface area contributed by atoms with Crippen molar-refractivity contribution in [1.82, 2.24) is 0 Å². The first-order valence-electron chi connectivity index (χ1n) is 22.6. The van der Waals surface area contributed by atoms with E-state index in [2.05, 4.69) is 69.4 Å². The lowest BCUT2D eigenvalue weighted by Gasteiger charge is -2.18. The Morgan fingerprint density at radius 3 is 1.13 bits per heavy atom. The number of esters is 3. The molecule has 0 amide bonds. The summed E-state index contributed by atoms with van der Waals surface area (Å²) in [5.41, 5.74) is 0. The highest BCUT2D eigenvalue weighted by Crippen LogP contribution is 2.13. The maximum Gasteiger partial charge on any atom is 0.306 e. The van der Waals surface area contributed by atoms with Crippen LogP contribution >= 0.6 is 0 Å². The van der Waals surface area contributed by atoms with Crippen molar-refractivity contribution in [2.45, 2.75) is 226 Å². The minimum Gasteiger partial charge on any atom is -0.462 e. The number of carbonyl (C=O) groups is 3. The van der Waals surface area contributed by atoms with E-state index in [0.717, 1.165) is 109 Å². The largest absolute Gasteiger partial charge is 0.462 e. The van der Waals surface area contributed by atoms with Gasteiger partial charge in [-0.15, -0.1) is 0 Å². The first-order chi connectivity index (χ1) is 26.5. The van der Waals surface area contributed by atoms with Crippen LogP contribution in [-0.2, 0) is 28.6 Å². The van der Waals surface area contributed by atoms with E-state index in [1.54, 1.807) is 0 Å². The molecule has 0 aliphatic rings. The molecule has 6 nitrogen and oxygen atoms in total. The summed E-state index contributed by atoms with van der Waals surface area (Å²) in [7, 11) is 0. The second kappa shape index (κ2) is 43.1. The number of ether oxygens (including phenoxy) is 3. The first-order valence-corrected chi connectivity index (χ1v) is 22.6. The minimum atomic E-state index is -0.780. The molecule has 0 aliphatic heterocycles. The van der Waals surface area contributed by atoms with Crippen LogP contribution in [0.3, 0.4) is 0 Å². The molecule has 6 heteroatoms. The molecule has 0 spiro atoms. The normalized spacial score (nSPS) is 12.4. The Balaban J connectivity index is 4.38. The number of hydrogen-bond donors (Lipinski definition) is 0. The maximum absolute atomic E-state index is 12.7. The number of unbranched alkanes of at least 4 members (excludes halogenated alkanes) is 21. The van der Waals surface area contributed by atoms with E-state index >= 15 is 0 Å². The monoisotopic (exact) mass is 757 g/mol. The van der Waals surface area contributed by atoms with Crippen molar-refractivity contribution < 1.29 is 28.6 Å². The molecule has 0 aromatic rings. The van der Waals surface area contributed by atoms with Gasteiger partial charge in [0.15, 0.2) is 6.10 Å². The summed E-state index contributed by atoms with van der Waals surface area (Å²) in [5.74, 6) is -0.918. The van der Waals surface area contributed by atoms with Crippen molar-refractivity contribution in [3.8, 4) is 0 Å². The summed E-state index contributed by atoms with van der Waals surface area (Å²) in [4.78, 5) is 37.6. The minimum absolute atomic E-state index is 0.0829. The van der Waals surface area contributed by atoms with Gasteiger partial charge in [0.1, 0.15) is 13.2 Å². The van der Waals surface area contributed by atoms with Crippen molar-refractivity contribution in [2.75, 3.05) is 13.2 Å².